The molecule has 0 spiro atoms. The van der Waals surface area contributed by atoms with Crippen LogP contribution < -0.4 is 9.47 Å². The Kier molecular flexibility index (Phi) is 3.08. The fraction of sp³-hybridized carbons (Fsp3) is 0.375. The third-order valence-electron chi connectivity index (χ3n) is 3.82. The van der Waals surface area contributed by atoms with E-state index in [1.807, 2.05) is 0 Å². The number of esters is 2. The number of benzene rings is 1. The smallest absolute Gasteiger partial charge is 0.308 e. The molecule has 1 aromatic rings. The van der Waals surface area contributed by atoms with Gasteiger partial charge in [-0.1, -0.05) is 12.2 Å². The van der Waals surface area contributed by atoms with E-state index in [2.05, 4.69) is 12.2 Å². The quantitative estimate of drug-likeness (QED) is 0.471. The zero-order valence-electron chi connectivity index (χ0n) is 11.5. The molecule has 0 heterocycles. The van der Waals surface area contributed by atoms with Crippen LogP contribution in [0.5, 0.6) is 11.5 Å². The number of ether oxygens (including phenoxy) is 2. The van der Waals surface area contributed by atoms with Gasteiger partial charge in [0, 0.05) is 36.8 Å². The van der Waals surface area contributed by atoms with Gasteiger partial charge in [-0.15, -0.1) is 0 Å². The van der Waals surface area contributed by atoms with E-state index in [0.717, 1.165) is 24.0 Å². The van der Waals surface area contributed by atoms with Crippen molar-refractivity contribution in [3.63, 3.8) is 0 Å². The first kappa shape index (κ1) is 12.9. The minimum absolute atomic E-state index is 0.236. The summed E-state index contributed by atoms with van der Waals surface area (Å²) in [6.45, 7) is 2.78. The monoisotopic (exact) mass is 272 g/mol. The Hall–Kier alpha value is -2.10. The number of hydrogen-bond acceptors (Lipinski definition) is 4. The Morgan fingerprint density at radius 1 is 0.900 bits per heavy atom. The molecule has 1 aromatic carbocycles. The van der Waals surface area contributed by atoms with Gasteiger partial charge in [0.15, 0.2) is 0 Å². The number of carbonyl (C=O) groups excluding carboxylic acids is 2. The lowest BCUT2D eigenvalue weighted by molar-refractivity contribution is -0.133. The van der Waals surface area contributed by atoms with E-state index >= 15 is 0 Å². The van der Waals surface area contributed by atoms with Crippen molar-refractivity contribution in [3.8, 4) is 11.5 Å². The largest absolute Gasteiger partial charge is 0.426 e. The molecule has 0 aromatic heterocycles. The van der Waals surface area contributed by atoms with Gasteiger partial charge in [-0.2, -0.15) is 0 Å². The molecule has 0 saturated heterocycles. The second kappa shape index (κ2) is 4.78. The number of fused-ring (bicyclic) bond motifs is 1. The van der Waals surface area contributed by atoms with Crippen molar-refractivity contribution in [3.05, 3.63) is 35.4 Å². The minimum atomic E-state index is -0.335. The molecule has 0 unspecified atom stereocenters. The standard InChI is InChI=1S/C16H16O4/c1-9(17)19-13-7-8-14(20-10(2)18)16-12-5-3-11(4-6-12)15(13)16/h3,5,7-8,11-12H,4,6H2,1-2H3/t11-,12+. The molecule has 4 nitrogen and oxygen atoms in total. The molecule has 0 aliphatic heterocycles. The van der Waals surface area contributed by atoms with Crippen molar-refractivity contribution in [1.29, 1.82) is 0 Å². The van der Waals surface area contributed by atoms with Crippen molar-refractivity contribution < 1.29 is 19.1 Å². The van der Waals surface area contributed by atoms with Crippen LogP contribution in [0, 0.1) is 0 Å². The van der Waals surface area contributed by atoms with Gasteiger partial charge in [0.25, 0.3) is 0 Å². The molecular weight excluding hydrogens is 256 g/mol. The summed E-state index contributed by atoms with van der Waals surface area (Å²) >= 11 is 0. The molecule has 4 rings (SSSR count). The Morgan fingerprint density at radius 3 is 1.60 bits per heavy atom. The maximum atomic E-state index is 11.2. The zero-order valence-corrected chi connectivity index (χ0v) is 11.5. The Bertz CT molecular complexity index is 562. The molecule has 0 radical (unpaired) electrons. The summed E-state index contributed by atoms with van der Waals surface area (Å²) in [7, 11) is 0. The number of rotatable bonds is 2. The second-order valence-corrected chi connectivity index (χ2v) is 5.25. The summed E-state index contributed by atoms with van der Waals surface area (Å²) in [6.07, 6.45) is 6.37. The van der Waals surface area contributed by atoms with Crippen molar-refractivity contribution in [1.82, 2.24) is 0 Å². The Balaban J connectivity index is 2.13. The molecule has 2 bridgehead atoms. The predicted molar refractivity (Wildman–Crippen MR) is 72.9 cm³/mol. The molecule has 3 aliphatic carbocycles. The number of allylic oxidation sites excluding steroid dienone is 2. The summed E-state index contributed by atoms with van der Waals surface area (Å²) in [5.74, 6) is 0.973. The molecular formula is C16H16O4. The van der Waals surface area contributed by atoms with E-state index in [1.165, 1.54) is 13.8 Å². The van der Waals surface area contributed by atoms with Crippen molar-refractivity contribution >= 4 is 11.9 Å². The topological polar surface area (TPSA) is 52.6 Å². The van der Waals surface area contributed by atoms with E-state index in [4.69, 9.17) is 9.47 Å². The molecule has 2 atom stereocenters. The van der Waals surface area contributed by atoms with Gasteiger partial charge < -0.3 is 9.47 Å². The van der Waals surface area contributed by atoms with Crippen LogP contribution in [0.3, 0.4) is 0 Å². The van der Waals surface area contributed by atoms with Crippen molar-refractivity contribution in [2.45, 2.75) is 38.5 Å². The van der Waals surface area contributed by atoms with E-state index in [9.17, 15) is 9.59 Å². The Morgan fingerprint density at radius 2 is 1.30 bits per heavy atom. The average Bonchev–Trinajstić information content (AvgIpc) is 2.41. The molecule has 104 valence electrons. The predicted octanol–water partition coefficient (Wildman–Crippen LogP) is 3.07. The van der Waals surface area contributed by atoms with Gasteiger partial charge in [-0.05, 0) is 25.0 Å². The molecule has 4 heteroatoms. The fourth-order valence-corrected chi connectivity index (χ4v) is 3.15. The summed E-state index contributed by atoms with van der Waals surface area (Å²) in [4.78, 5) is 22.5. The lowest BCUT2D eigenvalue weighted by Gasteiger charge is -2.35. The van der Waals surface area contributed by atoms with Gasteiger partial charge in [-0.3, -0.25) is 9.59 Å². The van der Waals surface area contributed by atoms with Gasteiger partial charge in [0.2, 0.25) is 0 Å². The van der Waals surface area contributed by atoms with Crippen LogP contribution in [0.15, 0.2) is 24.3 Å². The fourth-order valence-electron chi connectivity index (χ4n) is 3.15. The van der Waals surface area contributed by atoms with Crippen LogP contribution in [0.25, 0.3) is 0 Å². The summed E-state index contributed by atoms with van der Waals surface area (Å²) in [6, 6.07) is 3.43. The van der Waals surface area contributed by atoms with E-state index in [0.29, 0.717) is 11.5 Å². The highest BCUT2D eigenvalue weighted by molar-refractivity contribution is 5.73. The number of hydrogen-bond donors (Lipinski definition) is 0. The maximum absolute atomic E-state index is 11.2. The van der Waals surface area contributed by atoms with Gasteiger partial charge >= 0.3 is 11.9 Å². The summed E-state index contributed by atoms with van der Waals surface area (Å²) in [5, 5.41) is 0. The zero-order chi connectivity index (χ0) is 14.3. The first-order chi connectivity index (χ1) is 9.56. The lowest BCUT2D eigenvalue weighted by atomic mass is 9.71. The highest BCUT2D eigenvalue weighted by Gasteiger charge is 2.34. The van der Waals surface area contributed by atoms with Crippen LogP contribution >= 0.6 is 0 Å². The highest BCUT2D eigenvalue weighted by atomic mass is 16.5. The second-order valence-electron chi connectivity index (χ2n) is 5.25. The maximum Gasteiger partial charge on any atom is 0.308 e. The summed E-state index contributed by atoms with van der Waals surface area (Å²) < 4.78 is 10.6. The normalized spacial score (nSPS) is 22.3. The van der Waals surface area contributed by atoms with Crippen molar-refractivity contribution in [2.24, 2.45) is 0 Å². The molecule has 0 N–H and O–H groups in total. The highest BCUT2D eigenvalue weighted by Crippen LogP contribution is 2.52. The molecule has 20 heavy (non-hydrogen) atoms. The van der Waals surface area contributed by atoms with Gasteiger partial charge in [0.1, 0.15) is 11.5 Å². The summed E-state index contributed by atoms with van der Waals surface area (Å²) in [5.41, 5.74) is 2.00. The molecule has 0 amide bonds. The lowest BCUT2D eigenvalue weighted by Crippen LogP contribution is -2.21. The molecule has 3 aliphatic rings. The van der Waals surface area contributed by atoms with Crippen LogP contribution in [0.2, 0.25) is 0 Å². The van der Waals surface area contributed by atoms with Crippen LogP contribution in [0.4, 0.5) is 0 Å². The molecule has 0 fully saturated rings. The van der Waals surface area contributed by atoms with Crippen LogP contribution in [-0.2, 0) is 9.59 Å². The van der Waals surface area contributed by atoms with E-state index in [1.54, 1.807) is 12.1 Å². The van der Waals surface area contributed by atoms with Crippen LogP contribution in [0.1, 0.15) is 49.7 Å². The van der Waals surface area contributed by atoms with E-state index in [-0.39, 0.29) is 23.8 Å². The van der Waals surface area contributed by atoms with Gasteiger partial charge in [0.05, 0.1) is 0 Å². The first-order valence-corrected chi connectivity index (χ1v) is 6.78. The van der Waals surface area contributed by atoms with Crippen molar-refractivity contribution in [2.75, 3.05) is 0 Å². The third kappa shape index (κ3) is 2.11. The Labute approximate surface area is 117 Å². The SMILES string of the molecule is CC(=O)Oc1ccc(OC(C)=O)c2c1[C@@H]1C=C[C@H]2CC1. The van der Waals surface area contributed by atoms with Gasteiger partial charge in [-0.25, -0.2) is 0 Å². The average molecular weight is 272 g/mol. The molecule has 0 saturated carbocycles. The van der Waals surface area contributed by atoms with Crippen LogP contribution in [-0.4, -0.2) is 11.9 Å². The van der Waals surface area contributed by atoms with E-state index < -0.39 is 0 Å². The third-order valence-corrected chi connectivity index (χ3v) is 3.82. The minimum Gasteiger partial charge on any atom is -0.426 e. The first-order valence-electron chi connectivity index (χ1n) is 6.78. The number of carbonyl (C=O) groups is 2.